The second-order valence-corrected chi connectivity index (χ2v) is 2.66. The fraction of sp³-hybridized carbons (Fsp3) is 0.571. The molecule has 14 heavy (non-hydrogen) atoms. The molecule has 78 valence electrons. The van der Waals surface area contributed by atoms with E-state index in [1.54, 1.807) is 7.11 Å². The summed E-state index contributed by atoms with van der Waals surface area (Å²) in [6.45, 7) is 1.24. The summed E-state index contributed by atoms with van der Waals surface area (Å²) in [4.78, 5) is 9.93. The first-order valence-corrected chi connectivity index (χ1v) is 4.16. The zero-order chi connectivity index (χ0) is 10.4. The number of hydrogen-bond donors (Lipinski definition) is 2. The fourth-order valence-electron chi connectivity index (χ4n) is 0.987. The predicted octanol–water partition coefficient (Wildman–Crippen LogP) is 0.766. The number of hydrogen-bond acceptors (Lipinski definition) is 5. The number of ether oxygens (including phenoxy) is 1. The lowest BCUT2D eigenvalue weighted by atomic mass is 10.4. The summed E-state index contributed by atoms with van der Waals surface area (Å²) in [5.41, 5.74) is 0.408. The lowest BCUT2D eigenvalue weighted by Crippen LogP contribution is -2.05. The van der Waals surface area contributed by atoms with Crippen LogP contribution in [0.2, 0.25) is 0 Å². The van der Waals surface area contributed by atoms with Crippen LogP contribution in [-0.2, 0) is 4.74 Å². The maximum Gasteiger partial charge on any atom is 0.366 e. The molecule has 1 aromatic heterocycles. The summed E-state index contributed by atoms with van der Waals surface area (Å²) in [7, 11) is 1.61. The van der Waals surface area contributed by atoms with Crippen LogP contribution in [-0.4, -0.2) is 35.4 Å². The number of nitrogens with zero attached hydrogens (tertiary/aromatic N) is 2. The second-order valence-electron chi connectivity index (χ2n) is 2.66. The molecule has 0 bridgehead atoms. The lowest BCUT2D eigenvalue weighted by Gasteiger charge is -2.02. The number of rotatable bonds is 6. The van der Waals surface area contributed by atoms with Crippen molar-refractivity contribution in [1.29, 1.82) is 0 Å². The fourth-order valence-corrected chi connectivity index (χ4v) is 0.987. The molecule has 0 saturated heterocycles. The molecule has 2 N–H and O–H groups in total. The maximum atomic E-state index is 10.4. The standard InChI is InChI=1S/C7H12N4O3/c1-14-4-2-3-8-6-5-9-10-7(6)11(12)13/h5,8H,2-4H2,1H3,(H,9,10). The Labute approximate surface area is 80.6 Å². The lowest BCUT2D eigenvalue weighted by molar-refractivity contribution is -0.388. The minimum absolute atomic E-state index is 0.109. The molecule has 0 radical (unpaired) electrons. The van der Waals surface area contributed by atoms with Gasteiger partial charge in [-0.2, -0.15) is 0 Å². The monoisotopic (exact) mass is 200 g/mol. The van der Waals surface area contributed by atoms with Gasteiger partial charge >= 0.3 is 5.82 Å². The van der Waals surface area contributed by atoms with Crippen LogP contribution in [0.15, 0.2) is 6.20 Å². The summed E-state index contributed by atoms with van der Waals surface area (Å²) in [6.07, 6.45) is 2.18. The van der Waals surface area contributed by atoms with Gasteiger partial charge in [-0.3, -0.25) is 0 Å². The quantitative estimate of drug-likeness (QED) is 0.402. The van der Waals surface area contributed by atoms with Crippen LogP contribution in [0.4, 0.5) is 11.5 Å². The molecule has 0 aliphatic rings. The maximum absolute atomic E-state index is 10.4. The van der Waals surface area contributed by atoms with Gasteiger partial charge in [0.05, 0.1) is 0 Å². The van der Waals surface area contributed by atoms with Crippen molar-refractivity contribution in [2.45, 2.75) is 6.42 Å². The van der Waals surface area contributed by atoms with Gasteiger partial charge in [-0.1, -0.05) is 5.10 Å². The van der Waals surface area contributed by atoms with Crippen molar-refractivity contribution in [2.75, 3.05) is 25.6 Å². The molecule has 0 aliphatic heterocycles. The normalized spacial score (nSPS) is 10.1. The van der Waals surface area contributed by atoms with Gasteiger partial charge in [0.25, 0.3) is 0 Å². The van der Waals surface area contributed by atoms with Crippen LogP contribution >= 0.6 is 0 Å². The topological polar surface area (TPSA) is 93.1 Å². The molecule has 7 nitrogen and oxygen atoms in total. The van der Waals surface area contributed by atoms with Crippen molar-refractivity contribution < 1.29 is 9.66 Å². The Bertz CT molecular complexity index is 299. The van der Waals surface area contributed by atoms with Crippen LogP contribution in [0, 0.1) is 10.1 Å². The first kappa shape index (κ1) is 10.5. The van der Waals surface area contributed by atoms with E-state index in [9.17, 15) is 10.1 Å². The number of nitro groups is 1. The van der Waals surface area contributed by atoms with Gasteiger partial charge in [0.2, 0.25) is 0 Å². The average Bonchev–Trinajstić information content (AvgIpc) is 2.60. The Kier molecular flexibility index (Phi) is 3.86. The largest absolute Gasteiger partial charge is 0.385 e. The molecule has 0 unspecified atom stereocenters. The highest BCUT2D eigenvalue weighted by molar-refractivity contribution is 5.55. The highest BCUT2D eigenvalue weighted by atomic mass is 16.6. The number of nitrogens with one attached hydrogen (secondary N) is 2. The van der Waals surface area contributed by atoms with Gasteiger partial charge in [0.1, 0.15) is 6.20 Å². The van der Waals surface area contributed by atoms with Crippen molar-refractivity contribution in [2.24, 2.45) is 0 Å². The molecule has 0 amide bonds. The molecule has 7 heteroatoms. The van der Waals surface area contributed by atoms with Gasteiger partial charge in [-0.05, 0) is 11.3 Å². The van der Waals surface area contributed by atoms with Crippen LogP contribution < -0.4 is 5.32 Å². The summed E-state index contributed by atoms with van der Waals surface area (Å²) in [6, 6.07) is 0. The third kappa shape index (κ3) is 2.70. The van der Waals surface area contributed by atoms with E-state index in [0.29, 0.717) is 18.8 Å². The van der Waals surface area contributed by atoms with Crippen LogP contribution in [0.25, 0.3) is 0 Å². The molecule has 0 aliphatic carbocycles. The first-order chi connectivity index (χ1) is 6.75. The van der Waals surface area contributed by atoms with Crippen LogP contribution in [0.3, 0.4) is 0 Å². The first-order valence-electron chi connectivity index (χ1n) is 4.16. The number of aromatic amines is 1. The van der Waals surface area contributed by atoms with Crippen molar-refractivity contribution in [3.63, 3.8) is 0 Å². The van der Waals surface area contributed by atoms with Crippen molar-refractivity contribution >= 4 is 11.5 Å². The second kappa shape index (κ2) is 5.18. The zero-order valence-electron chi connectivity index (χ0n) is 7.82. The van der Waals surface area contributed by atoms with Gasteiger partial charge in [-0.25, -0.2) is 0 Å². The van der Waals surface area contributed by atoms with Gasteiger partial charge in [0, 0.05) is 20.3 Å². The van der Waals surface area contributed by atoms with Gasteiger partial charge < -0.3 is 20.2 Å². The van der Waals surface area contributed by atoms with Gasteiger partial charge in [-0.15, -0.1) is 5.10 Å². The van der Waals surface area contributed by atoms with E-state index in [0.717, 1.165) is 6.42 Å². The molecule has 0 aromatic carbocycles. The molecule has 0 atom stereocenters. The molecule has 1 heterocycles. The molecule has 0 fully saturated rings. The van der Waals surface area contributed by atoms with E-state index in [2.05, 4.69) is 15.5 Å². The minimum Gasteiger partial charge on any atom is -0.385 e. The molecular weight excluding hydrogens is 188 g/mol. The number of methoxy groups -OCH3 is 1. The summed E-state index contributed by atoms with van der Waals surface area (Å²) in [5.74, 6) is -0.109. The molecule has 1 rings (SSSR count). The Morgan fingerprint density at radius 1 is 1.79 bits per heavy atom. The van der Waals surface area contributed by atoms with E-state index < -0.39 is 4.92 Å². The Morgan fingerprint density at radius 3 is 3.21 bits per heavy atom. The smallest absolute Gasteiger partial charge is 0.366 e. The summed E-state index contributed by atoms with van der Waals surface area (Å²) in [5, 5.41) is 19.2. The van der Waals surface area contributed by atoms with E-state index in [1.807, 2.05) is 0 Å². The van der Waals surface area contributed by atoms with E-state index in [-0.39, 0.29) is 5.82 Å². The van der Waals surface area contributed by atoms with E-state index >= 15 is 0 Å². The summed E-state index contributed by atoms with van der Waals surface area (Å²) < 4.78 is 4.84. The molecule has 0 saturated carbocycles. The highest BCUT2D eigenvalue weighted by Gasteiger charge is 2.13. The third-order valence-corrected chi connectivity index (χ3v) is 1.64. The third-order valence-electron chi connectivity index (χ3n) is 1.64. The minimum atomic E-state index is -0.508. The molecule has 0 spiro atoms. The Balaban J connectivity index is 2.42. The molecule has 1 aromatic rings. The van der Waals surface area contributed by atoms with Crippen LogP contribution in [0.1, 0.15) is 6.42 Å². The van der Waals surface area contributed by atoms with Crippen molar-refractivity contribution in [3.8, 4) is 0 Å². The van der Waals surface area contributed by atoms with Crippen molar-refractivity contribution in [1.82, 2.24) is 10.2 Å². The summed E-state index contributed by atoms with van der Waals surface area (Å²) >= 11 is 0. The SMILES string of the molecule is COCCCNc1cn[nH]c1[N+](=O)[O-]. The predicted molar refractivity (Wildman–Crippen MR) is 50.2 cm³/mol. The zero-order valence-corrected chi connectivity index (χ0v) is 7.82. The number of anilines is 1. The highest BCUT2D eigenvalue weighted by Crippen LogP contribution is 2.19. The number of aromatic nitrogens is 2. The molecular formula is C7H12N4O3. The van der Waals surface area contributed by atoms with Crippen LogP contribution in [0.5, 0.6) is 0 Å². The van der Waals surface area contributed by atoms with Gasteiger partial charge in [0.15, 0.2) is 5.69 Å². The van der Waals surface area contributed by atoms with E-state index in [4.69, 9.17) is 4.74 Å². The van der Waals surface area contributed by atoms with E-state index in [1.165, 1.54) is 6.20 Å². The Morgan fingerprint density at radius 2 is 2.57 bits per heavy atom. The number of H-pyrrole nitrogens is 1. The Hall–Kier alpha value is -1.63. The average molecular weight is 200 g/mol. The van der Waals surface area contributed by atoms with Crippen molar-refractivity contribution in [3.05, 3.63) is 16.3 Å².